The van der Waals surface area contributed by atoms with Crippen LogP contribution in [-0.4, -0.2) is 20.4 Å². The summed E-state index contributed by atoms with van der Waals surface area (Å²) in [6, 6.07) is 10.8. The topological polar surface area (TPSA) is 68.9 Å². The average Bonchev–Trinajstić information content (AvgIpc) is 2.80. The van der Waals surface area contributed by atoms with Crippen molar-refractivity contribution in [2.45, 2.75) is 13.8 Å². The maximum atomic E-state index is 12.5. The Hall–Kier alpha value is -2.89. The SMILES string of the molecule is Cc1cc(C)n(NC(=O)c2nn(C)c3ccccc23)c(=O)c1. The summed E-state index contributed by atoms with van der Waals surface area (Å²) < 4.78 is 2.88. The molecule has 0 fully saturated rings. The van der Waals surface area contributed by atoms with Crippen molar-refractivity contribution in [3.05, 3.63) is 63.7 Å². The molecule has 0 spiro atoms. The van der Waals surface area contributed by atoms with Crippen molar-refractivity contribution in [2.75, 3.05) is 5.43 Å². The Morgan fingerprint density at radius 3 is 2.64 bits per heavy atom. The Bertz CT molecular complexity index is 937. The fraction of sp³-hybridized carbons (Fsp3) is 0.188. The molecule has 2 aromatic heterocycles. The van der Waals surface area contributed by atoms with E-state index < -0.39 is 5.91 Å². The molecular weight excluding hydrogens is 280 g/mol. The second-order valence-corrected chi connectivity index (χ2v) is 5.28. The first-order chi connectivity index (χ1) is 10.5. The summed E-state index contributed by atoms with van der Waals surface area (Å²) in [7, 11) is 1.78. The van der Waals surface area contributed by atoms with Crippen LogP contribution in [0.3, 0.4) is 0 Å². The molecule has 0 radical (unpaired) electrons. The van der Waals surface area contributed by atoms with Gasteiger partial charge in [0.25, 0.3) is 11.5 Å². The fourth-order valence-electron chi connectivity index (χ4n) is 2.55. The highest BCUT2D eigenvalue weighted by molar-refractivity contribution is 6.08. The number of fused-ring (bicyclic) bond motifs is 1. The number of rotatable bonds is 2. The third-order valence-electron chi connectivity index (χ3n) is 3.55. The van der Waals surface area contributed by atoms with Crippen LogP contribution in [0.4, 0.5) is 0 Å². The molecule has 3 rings (SSSR count). The van der Waals surface area contributed by atoms with E-state index >= 15 is 0 Å². The number of nitrogens with zero attached hydrogens (tertiary/aromatic N) is 3. The van der Waals surface area contributed by atoms with Gasteiger partial charge in [-0.15, -0.1) is 0 Å². The molecule has 6 nitrogen and oxygen atoms in total. The first kappa shape index (κ1) is 14.1. The smallest absolute Gasteiger partial charge is 0.267 e. The predicted molar refractivity (Wildman–Crippen MR) is 84.6 cm³/mol. The molecule has 3 aromatic rings. The summed E-state index contributed by atoms with van der Waals surface area (Å²) in [5.74, 6) is -0.411. The number of pyridine rings is 1. The van der Waals surface area contributed by atoms with Gasteiger partial charge in [-0.05, 0) is 31.5 Å². The molecule has 0 aliphatic rings. The van der Waals surface area contributed by atoms with Crippen LogP contribution >= 0.6 is 0 Å². The Kier molecular flexibility index (Phi) is 3.29. The van der Waals surface area contributed by atoms with Gasteiger partial charge in [0.05, 0.1) is 5.52 Å². The minimum atomic E-state index is -0.411. The van der Waals surface area contributed by atoms with Crippen LogP contribution in [0.5, 0.6) is 0 Å². The van der Waals surface area contributed by atoms with Crippen LogP contribution in [0.2, 0.25) is 0 Å². The highest BCUT2D eigenvalue weighted by Crippen LogP contribution is 2.17. The van der Waals surface area contributed by atoms with Crippen LogP contribution in [0, 0.1) is 13.8 Å². The molecular formula is C16H16N4O2. The van der Waals surface area contributed by atoms with E-state index in [1.54, 1.807) is 18.7 Å². The van der Waals surface area contributed by atoms with Crippen LogP contribution in [-0.2, 0) is 7.05 Å². The van der Waals surface area contributed by atoms with Gasteiger partial charge in [-0.3, -0.25) is 19.7 Å². The predicted octanol–water partition coefficient (Wildman–Crippen LogP) is 1.74. The van der Waals surface area contributed by atoms with E-state index in [9.17, 15) is 9.59 Å². The first-order valence-corrected chi connectivity index (χ1v) is 6.91. The molecule has 1 N–H and O–H groups in total. The minimum absolute atomic E-state index is 0.272. The number of amides is 1. The standard InChI is InChI=1S/C16H16N4O2/c1-10-8-11(2)20(14(21)9-10)18-16(22)15-12-6-4-5-7-13(12)19(3)17-15/h4-9H,1-3H3,(H,18,22). The summed E-state index contributed by atoms with van der Waals surface area (Å²) in [5.41, 5.74) is 5.03. The second-order valence-electron chi connectivity index (χ2n) is 5.28. The number of aromatic nitrogens is 3. The lowest BCUT2D eigenvalue weighted by Gasteiger charge is -2.11. The Morgan fingerprint density at radius 2 is 1.91 bits per heavy atom. The van der Waals surface area contributed by atoms with E-state index in [4.69, 9.17) is 0 Å². The van der Waals surface area contributed by atoms with Gasteiger partial charge in [-0.1, -0.05) is 18.2 Å². The van der Waals surface area contributed by atoms with Gasteiger partial charge in [-0.2, -0.15) is 5.10 Å². The highest BCUT2D eigenvalue weighted by Gasteiger charge is 2.16. The quantitative estimate of drug-likeness (QED) is 0.783. The van der Waals surface area contributed by atoms with Gasteiger partial charge in [0.2, 0.25) is 0 Å². The van der Waals surface area contributed by atoms with Crippen molar-refractivity contribution in [3.63, 3.8) is 0 Å². The summed E-state index contributed by atoms with van der Waals surface area (Å²) in [4.78, 5) is 24.5. The molecule has 0 unspecified atom stereocenters. The first-order valence-electron chi connectivity index (χ1n) is 6.91. The summed E-state index contributed by atoms with van der Waals surface area (Å²) in [6.07, 6.45) is 0. The zero-order chi connectivity index (χ0) is 15.9. The van der Waals surface area contributed by atoms with E-state index in [1.165, 1.54) is 10.7 Å². The monoisotopic (exact) mass is 296 g/mol. The Morgan fingerprint density at radius 1 is 1.18 bits per heavy atom. The van der Waals surface area contributed by atoms with E-state index in [0.29, 0.717) is 11.4 Å². The van der Waals surface area contributed by atoms with E-state index in [1.807, 2.05) is 37.3 Å². The molecule has 0 saturated heterocycles. The number of hydrogen-bond acceptors (Lipinski definition) is 3. The van der Waals surface area contributed by atoms with Gasteiger partial charge >= 0.3 is 0 Å². The molecule has 1 amide bonds. The van der Waals surface area contributed by atoms with Crippen LogP contribution in [0.1, 0.15) is 21.7 Å². The third kappa shape index (κ3) is 2.28. The maximum absolute atomic E-state index is 12.5. The fourth-order valence-corrected chi connectivity index (χ4v) is 2.55. The largest absolute Gasteiger partial charge is 0.291 e. The lowest BCUT2D eigenvalue weighted by Crippen LogP contribution is -2.34. The summed E-state index contributed by atoms with van der Waals surface area (Å²) in [5, 5.41) is 5.00. The Labute approximate surface area is 127 Å². The number of carbonyl (C=O) groups is 1. The van der Waals surface area contributed by atoms with Gasteiger partial charge in [-0.25, -0.2) is 4.68 Å². The number of para-hydroxylation sites is 1. The number of hydrogen-bond donors (Lipinski definition) is 1. The molecule has 0 atom stereocenters. The molecule has 1 aromatic carbocycles. The van der Waals surface area contributed by atoms with E-state index in [2.05, 4.69) is 10.5 Å². The lowest BCUT2D eigenvalue weighted by molar-refractivity contribution is 0.100. The van der Waals surface area contributed by atoms with Gasteiger partial charge in [0.1, 0.15) is 0 Å². The van der Waals surface area contributed by atoms with Gasteiger partial charge in [0.15, 0.2) is 5.69 Å². The van der Waals surface area contributed by atoms with Crippen molar-refractivity contribution in [3.8, 4) is 0 Å². The molecule has 0 saturated carbocycles. The number of carbonyl (C=O) groups excluding carboxylic acids is 1. The zero-order valence-corrected chi connectivity index (χ0v) is 12.6. The summed E-state index contributed by atoms with van der Waals surface area (Å²) >= 11 is 0. The molecule has 6 heteroatoms. The zero-order valence-electron chi connectivity index (χ0n) is 12.6. The van der Waals surface area contributed by atoms with E-state index in [0.717, 1.165) is 16.5 Å². The molecule has 0 bridgehead atoms. The van der Waals surface area contributed by atoms with Crippen molar-refractivity contribution in [2.24, 2.45) is 7.05 Å². The maximum Gasteiger partial charge on any atom is 0.291 e. The van der Waals surface area contributed by atoms with Crippen LogP contribution in [0.15, 0.2) is 41.2 Å². The molecule has 112 valence electrons. The molecule has 0 aliphatic carbocycles. The van der Waals surface area contributed by atoms with Crippen molar-refractivity contribution in [1.82, 2.24) is 14.5 Å². The number of aryl methyl sites for hydroxylation is 3. The minimum Gasteiger partial charge on any atom is -0.267 e. The van der Waals surface area contributed by atoms with Gasteiger partial charge < -0.3 is 0 Å². The summed E-state index contributed by atoms with van der Waals surface area (Å²) in [6.45, 7) is 3.61. The molecule has 22 heavy (non-hydrogen) atoms. The van der Waals surface area contributed by atoms with Crippen LogP contribution < -0.4 is 11.0 Å². The number of nitrogens with one attached hydrogen (secondary N) is 1. The van der Waals surface area contributed by atoms with E-state index in [-0.39, 0.29) is 5.56 Å². The molecule has 2 heterocycles. The number of benzene rings is 1. The second kappa shape index (κ2) is 5.14. The average molecular weight is 296 g/mol. The van der Waals surface area contributed by atoms with Crippen molar-refractivity contribution < 1.29 is 4.79 Å². The van der Waals surface area contributed by atoms with Crippen molar-refractivity contribution >= 4 is 16.8 Å². The third-order valence-corrected chi connectivity index (χ3v) is 3.55. The van der Waals surface area contributed by atoms with Crippen molar-refractivity contribution in [1.29, 1.82) is 0 Å². The van der Waals surface area contributed by atoms with Gasteiger partial charge in [0, 0.05) is 24.2 Å². The Balaban J connectivity index is 2.03. The molecule has 0 aliphatic heterocycles. The van der Waals surface area contributed by atoms with Crippen LogP contribution in [0.25, 0.3) is 10.9 Å². The normalized spacial score (nSPS) is 10.9. The lowest BCUT2D eigenvalue weighted by atomic mass is 10.2. The highest BCUT2D eigenvalue weighted by atomic mass is 16.2.